The lowest BCUT2D eigenvalue weighted by molar-refractivity contribution is 0.181. The summed E-state index contributed by atoms with van der Waals surface area (Å²) in [5.74, 6) is 0.710. The van der Waals surface area contributed by atoms with Crippen molar-refractivity contribution in [3.05, 3.63) is 0 Å². The first kappa shape index (κ1) is 11.1. The van der Waals surface area contributed by atoms with E-state index in [1.165, 1.54) is 0 Å². The summed E-state index contributed by atoms with van der Waals surface area (Å²) in [5.41, 5.74) is 0.957. The lowest BCUT2D eigenvalue weighted by Gasteiger charge is -2.14. The minimum atomic E-state index is 0.336. The largest absolute Gasteiger partial charge is 0.343 e. The monoisotopic (exact) mass is 174 g/mol. The van der Waals surface area contributed by atoms with E-state index in [0.29, 0.717) is 12.0 Å². The Labute approximate surface area is 72.4 Å². The SMILES string of the molecule is CCC(=P)OC(C)CC(C)C. The maximum atomic E-state index is 5.54. The summed E-state index contributed by atoms with van der Waals surface area (Å²) in [6.45, 7) is 8.60. The van der Waals surface area contributed by atoms with Gasteiger partial charge in [-0.1, -0.05) is 29.6 Å². The van der Waals surface area contributed by atoms with Crippen molar-refractivity contribution in [1.82, 2.24) is 0 Å². The molecule has 0 amide bonds. The maximum Gasteiger partial charge on any atom is 0.0714 e. The van der Waals surface area contributed by atoms with E-state index < -0.39 is 0 Å². The van der Waals surface area contributed by atoms with Gasteiger partial charge in [0.2, 0.25) is 0 Å². The molecule has 0 aliphatic carbocycles. The maximum absolute atomic E-state index is 5.54. The lowest BCUT2D eigenvalue weighted by atomic mass is 10.1. The molecule has 0 radical (unpaired) electrons. The van der Waals surface area contributed by atoms with Crippen LogP contribution in [0, 0.1) is 5.92 Å². The highest BCUT2D eigenvalue weighted by Gasteiger charge is 2.05. The zero-order chi connectivity index (χ0) is 8.85. The molecule has 0 aromatic carbocycles. The molecular formula is C9H19OP. The molecule has 0 bridgehead atoms. The van der Waals surface area contributed by atoms with Crippen LogP contribution in [0.3, 0.4) is 0 Å². The molecule has 0 aliphatic rings. The van der Waals surface area contributed by atoms with Crippen molar-refractivity contribution in [3.63, 3.8) is 0 Å². The second-order valence-electron chi connectivity index (χ2n) is 3.33. The Morgan fingerprint density at radius 2 is 1.91 bits per heavy atom. The summed E-state index contributed by atoms with van der Waals surface area (Å²) in [6.07, 6.45) is 2.40. The fourth-order valence-electron chi connectivity index (χ4n) is 1.04. The zero-order valence-electron chi connectivity index (χ0n) is 7.98. The average Bonchev–Trinajstić information content (AvgIpc) is 1.85. The van der Waals surface area contributed by atoms with E-state index >= 15 is 0 Å². The van der Waals surface area contributed by atoms with Crippen molar-refractivity contribution < 1.29 is 4.74 Å². The van der Waals surface area contributed by atoms with Crippen molar-refractivity contribution in [2.24, 2.45) is 5.92 Å². The quantitative estimate of drug-likeness (QED) is 0.582. The molecule has 0 aromatic heterocycles. The molecule has 0 fully saturated rings. The van der Waals surface area contributed by atoms with Gasteiger partial charge in [0, 0.05) is 0 Å². The summed E-state index contributed by atoms with van der Waals surface area (Å²) < 4.78 is 5.54. The molecule has 0 rings (SSSR count). The highest BCUT2D eigenvalue weighted by Crippen LogP contribution is 2.09. The first-order valence-corrected chi connectivity index (χ1v) is 4.80. The van der Waals surface area contributed by atoms with Crippen LogP contribution in [0.5, 0.6) is 0 Å². The van der Waals surface area contributed by atoms with Crippen molar-refractivity contribution in [2.45, 2.75) is 46.6 Å². The normalized spacial score (nSPS) is 13.5. The molecule has 1 unspecified atom stereocenters. The van der Waals surface area contributed by atoms with Gasteiger partial charge in [-0.3, -0.25) is 0 Å². The minimum Gasteiger partial charge on any atom is -0.343 e. The van der Waals surface area contributed by atoms with E-state index in [9.17, 15) is 0 Å². The van der Waals surface area contributed by atoms with Crippen molar-refractivity contribution >= 4 is 14.3 Å². The Morgan fingerprint density at radius 1 is 1.36 bits per heavy atom. The smallest absolute Gasteiger partial charge is 0.0714 e. The lowest BCUT2D eigenvalue weighted by Crippen LogP contribution is -2.14. The fourth-order valence-corrected chi connectivity index (χ4v) is 1.24. The van der Waals surface area contributed by atoms with Crippen LogP contribution in [0.4, 0.5) is 0 Å². The third-order valence-electron chi connectivity index (χ3n) is 1.47. The molecule has 66 valence electrons. The summed E-state index contributed by atoms with van der Waals surface area (Å²) in [5, 5.41) is 0. The van der Waals surface area contributed by atoms with Crippen LogP contribution in [0.25, 0.3) is 0 Å². The molecule has 1 nitrogen and oxygen atoms in total. The van der Waals surface area contributed by atoms with E-state index in [1.807, 2.05) is 0 Å². The number of hydrogen-bond acceptors (Lipinski definition) is 1. The van der Waals surface area contributed by atoms with Gasteiger partial charge in [-0.25, -0.2) is 0 Å². The highest BCUT2D eigenvalue weighted by atomic mass is 31.0. The van der Waals surface area contributed by atoms with Gasteiger partial charge >= 0.3 is 0 Å². The van der Waals surface area contributed by atoms with Gasteiger partial charge in [-0.15, -0.1) is 0 Å². The van der Waals surface area contributed by atoms with Gasteiger partial charge in [0.05, 0.1) is 11.6 Å². The van der Waals surface area contributed by atoms with E-state index in [1.54, 1.807) is 0 Å². The Kier molecular flexibility index (Phi) is 5.81. The van der Waals surface area contributed by atoms with Gasteiger partial charge in [0.1, 0.15) is 0 Å². The summed E-state index contributed by atoms with van der Waals surface area (Å²) in [7, 11) is 3.41. The van der Waals surface area contributed by atoms with E-state index in [2.05, 4.69) is 36.6 Å². The highest BCUT2D eigenvalue weighted by molar-refractivity contribution is 7.20. The molecule has 0 N–H and O–H groups in total. The number of rotatable bonds is 5. The van der Waals surface area contributed by atoms with Crippen LogP contribution in [-0.4, -0.2) is 11.6 Å². The average molecular weight is 174 g/mol. The van der Waals surface area contributed by atoms with Crippen LogP contribution in [-0.2, 0) is 4.74 Å². The fraction of sp³-hybridized carbons (Fsp3) is 0.889. The first-order chi connectivity index (χ1) is 5.06. The minimum absolute atomic E-state index is 0.336. The Balaban J connectivity index is 3.51. The van der Waals surface area contributed by atoms with E-state index in [4.69, 9.17) is 4.74 Å². The van der Waals surface area contributed by atoms with Gasteiger partial charge in [0.15, 0.2) is 0 Å². The van der Waals surface area contributed by atoms with Crippen LogP contribution in [0.1, 0.15) is 40.5 Å². The van der Waals surface area contributed by atoms with Crippen LogP contribution >= 0.6 is 8.86 Å². The molecular weight excluding hydrogens is 155 g/mol. The van der Waals surface area contributed by atoms with Crippen LogP contribution in [0.2, 0.25) is 0 Å². The van der Waals surface area contributed by atoms with Gasteiger partial charge in [-0.2, -0.15) is 0 Å². The molecule has 0 saturated heterocycles. The molecule has 2 heteroatoms. The summed E-state index contributed by atoms with van der Waals surface area (Å²) >= 11 is 0. The first-order valence-electron chi connectivity index (χ1n) is 4.30. The number of hydrogen-bond donors (Lipinski definition) is 0. The molecule has 0 aromatic rings. The Morgan fingerprint density at radius 3 is 2.27 bits per heavy atom. The van der Waals surface area contributed by atoms with Gasteiger partial charge in [-0.05, 0) is 25.7 Å². The second kappa shape index (κ2) is 5.74. The Bertz CT molecular complexity index is 121. The van der Waals surface area contributed by atoms with Crippen LogP contribution < -0.4 is 0 Å². The third kappa shape index (κ3) is 6.52. The third-order valence-corrected chi connectivity index (χ3v) is 1.94. The van der Waals surface area contributed by atoms with Crippen LogP contribution in [0.15, 0.2) is 0 Å². The molecule has 1 atom stereocenters. The number of ether oxygens (including phenoxy) is 1. The molecule has 0 saturated carbocycles. The van der Waals surface area contributed by atoms with Crippen molar-refractivity contribution in [1.29, 1.82) is 0 Å². The molecule has 11 heavy (non-hydrogen) atoms. The standard InChI is InChI=1S/C9H19OP/c1-5-9(11)10-8(4)6-7(2)3/h7-8,11H,5-6H2,1-4H3. The van der Waals surface area contributed by atoms with Crippen molar-refractivity contribution in [3.8, 4) is 0 Å². The van der Waals surface area contributed by atoms with Gasteiger partial charge in [0.25, 0.3) is 0 Å². The summed E-state index contributed by atoms with van der Waals surface area (Å²) in [6, 6.07) is 0. The molecule has 0 aliphatic heterocycles. The zero-order valence-corrected chi connectivity index (χ0v) is 8.98. The Hall–Kier alpha value is 0.130. The predicted octanol–water partition coefficient (Wildman–Crippen LogP) is 3.12. The molecule has 0 heterocycles. The summed E-state index contributed by atoms with van der Waals surface area (Å²) in [4.78, 5) is 0. The van der Waals surface area contributed by atoms with Gasteiger partial charge < -0.3 is 4.74 Å². The van der Waals surface area contributed by atoms with E-state index in [0.717, 1.165) is 18.3 Å². The predicted molar refractivity (Wildman–Crippen MR) is 53.6 cm³/mol. The van der Waals surface area contributed by atoms with E-state index in [-0.39, 0.29) is 0 Å². The second-order valence-corrected chi connectivity index (χ2v) is 3.89. The topological polar surface area (TPSA) is 9.23 Å². The van der Waals surface area contributed by atoms with Crippen molar-refractivity contribution in [2.75, 3.05) is 0 Å². The molecule has 0 spiro atoms.